The smallest absolute Gasteiger partial charge is 0.283 e. The molecule has 1 N–H and O–H groups in total. The summed E-state index contributed by atoms with van der Waals surface area (Å²) >= 11 is 11.3. The molecule has 0 spiro atoms. The Labute approximate surface area is 128 Å². The van der Waals surface area contributed by atoms with Crippen LogP contribution in [0.5, 0.6) is 0 Å². The minimum Gasteiger partial charge on any atom is -0.319 e. The van der Waals surface area contributed by atoms with E-state index in [1.165, 1.54) is 24.3 Å². The Kier molecular flexibility index (Phi) is 4.40. The van der Waals surface area contributed by atoms with Gasteiger partial charge >= 0.3 is 0 Å². The maximum absolute atomic E-state index is 13.6. The third-order valence-corrected chi connectivity index (χ3v) is 3.05. The zero-order chi connectivity index (χ0) is 15.6. The molecule has 2 aromatic rings. The average Bonchev–Trinajstić information content (AvgIpc) is 2.41. The quantitative estimate of drug-likeness (QED) is 0.674. The molecular formula is C13H7Cl2FN2O3. The Morgan fingerprint density at radius 2 is 1.76 bits per heavy atom. The minimum absolute atomic E-state index is 0.121. The standard InChI is InChI=1S/C13H7Cl2FN2O3/c14-7-2-4-11(10(16)5-7)17-13(19)9-3-1-8(15)6-12(9)18(20)21/h1-6H,(H,17,19). The van der Waals surface area contributed by atoms with E-state index in [-0.39, 0.29) is 21.3 Å². The number of amides is 1. The molecule has 21 heavy (non-hydrogen) atoms. The summed E-state index contributed by atoms with van der Waals surface area (Å²) in [6.45, 7) is 0. The number of halogens is 3. The van der Waals surface area contributed by atoms with Crippen LogP contribution in [-0.2, 0) is 0 Å². The molecule has 0 bridgehead atoms. The molecule has 0 aliphatic carbocycles. The monoisotopic (exact) mass is 328 g/mol. The van der Waals surface area contributed by atoms with Crippen molar-refractivity contribution in [1.29, 1.82) is 0 Å². The van der Waals surface area contributed by atoms with Gasteiger partial charge in [0.2, 0.25) is 0 Å². The van der Waals surface area contributed by atoms with Crippen molar-refractivity contribution >= 4 is 40.5 Å². The second-order valence-corrected chi connectivity index (χ2v) is 4.87. The van der Waals surface area contributed by atoms with Gasteiger partial charge in [-0.15, -0.1) is 0 Å². The van der Waals surface area contributed by atoms with Gasteiger partial charge in [0, 0.05) is 16.1 Å². The molecule has 0 unspecified atom stereocenters. The summed E-state index contributed by atoms with van der Waals surface area (Å²) in [4.78, 5) is 22.2. The molecule has 0 aromatic heterocycles. The van der Waals surface area contributed by atoms with E-state index in [1.807, 2.05) is 0 Å². The van der Waals surface area contributed by atoms with E-state index in [9.17, 15) is 19.3 Å². The number of nitro benzene ring substituents is 1. The summed E-state index contributed by atoms with van der Waals surface area (Å²) in [5.41, 5.74) is -0.818. The fourth-order valence-corrected chi connectivity index (χ4v) is 1.95. The summed E-state index contributed by atoms with van der Waals surface area (Å²) in [5, 5.41) is 13.5. The molecule has 2 rings (SSSR count). The van der Waals surface area contributed by atoms with Gasteiger partial charge < -0.3 is 5.32 Å². The van der Waals surface area contributed by atoms with Crippen molar-refractivity contribution in [1.82, 2.24) is 0 Å². The number of nitrogens with zero attached hydrogens (tertiary/aromatic N) is 1. The number of anilines is 1. The lowest BCUT2D eigenvalue weighted by Gasteiger charge is -2.07. The summed E-state index contributed by atoms with van der Waals surface area (Å²) in [5.74, 6) is -1.56. The topological polar surface area (TPSA) is 72.2 Å². The number of benzene rings is 2. The van der Waals surface area contributed by atoms with Crippen molar-refractivity contribution in [2.75, 3.05) is 5.32 Å². The Balaban J connectivity index is 2.34. The Morgan fingerprint density at radius 3 is 2.38 bits per heavy atom. The van der Waals surface area contributed by atoms with Crippen molar-refractivity contribution in [2.45, 2.75) is 0 Å². The van der Waals surface area contributed by atoms with Crippen molar-refractivity contribution in [3.05, 3.63) is 67.9 Å². The first-order chi connectivity index (χ1) is 9.88. The Morgan fingerprint density at radius 1 is 1.14 bits per heavy atom. The van der Waals surface area contributed by atoms with Crippen LogP contribution in [0, 0.1) is 15.9 Å². The molecule has 0 radical (unpaired) electrons. The van der Waals surface area contributed by atoms with Gasteiger partial charge in [0.15, 0.2) is 0 Å². The molecule has 0 saturated carbocycles. The Bertz CT molecular complexity index is 737. The van der Waals surface area contributed by atoms with Crippen LogP contribution in [-0.4, -0.2) is 10.8 Å². The molecule has 1 amide bonds. The number of nitrogens with one attached hydrogen (secondary N) is 1. The molecule has 108 valence electrons. The average molecular weight is 329 g/mol. The van der Waals surface area contributed by atoms with Gasteiger partial charge in [-0.1, -0.05) is 23.2 Å². The van der Waals surface area contributed by atoms with Crippen LogP contribution in [0.1, 0.15) is 10.4 Å². The van der Waals surface area contributed by atoms with E-state index in [2.05, 4.69) is 5.32 Å². The highest BCUT2D eigenvalue weighted by Crippen LogP contribution is 2.25. The lowest BCUT2D eigenvalue weighted by atomic mass is 10.1. The van der Waals surface area contributed by atoms with Crippen LogP contribution in [0.2, 0.25) is 10.0 Å². The molecule has 8 heteroatoms. The predicted octanol–water partition coefficient (Wildman–Crippen LogP) is 4.29. The van der Waals surface area contributed by atoms with Crippen molar-refractivity contribution in [3.63, 3.8) is 0 Å². The van der Waals surface area contributed by atoms with Crippen LogP contribution < -0.4 is 5.32 Å². The SMILES string of the molecule is O=C(Nc1ccc(Cl)cc1F)c1ccc(Cl)cc1[N+](=O)[O-]. The van der Waals surface area contributed by atoms with Crippen LogP contribution in [0.25, 0.3) is 0 Å². The van der Waals surface area contributed by atoms with E-state index >= 15 is 0 Å². The molecule has 0 atom stereocenters. The fourth-order valence-electron chi connectivity index (χ4n) is 1.63. The molecule has 0 aliphatic heterocycles. The van der Waals surface area contributed by atoms with Gasteiger partial charge in [-0.05, 0) is 30.3 Å². The highest BCUT2D eigenvalue weighted by molar-refractivity contribution is 6.31. The number of hydrogen-bond donors (Lipinski definition) is 1. The number of hydrogen-bond acceptors (Lipinski definition) is 3. The third-order valence-electron chi connectivity index (χ3n) is 2.58. The van der Waals surface area contributed by atoms with Gasteiger partial charge in [-0.2, -0.15) is 0 Å². The largest absolute Gasteiger partial charge is 0.319 e. The highest BCUT2D eigenvalue weighted by Gasteiger charge is 2.21. The molecule has 0 saturated heterocycles. The summed E-state index contributed by atoms with van der Waals surface area (Å²) in [6.07, 6.45) is 0. The van der Waals surface area contributed by atoms with E-state index in [0.717, 1.165) is 12.1 Å². The number of carbonyl (C=O) groups is 1. The lowest BCUT2D eigenvalue weighted by Crippen LogP contribution is -2.14. The van der Waals surface area contributed by atoms with Crippen LogP contribution in [0.3, 0.4) is 0 Å². The van der Waals surface area contributed by atoms with Gasteiger partial charge in [-0.3, -0.25) is 14.9 Å². The fraction of sp³-hybridized carbons (Fsp3) is 0. The Hall–Kier alpha value is -2.18. The first-order valence-electron chi connectivity index (χ1n) is 5.59. The summed E-state index contributed by atoms with van der Waals surface area (Å²) < 4.78 is 13.6. The van der Waals surface area contributed by atoms with Crippen molar-refractivity contribution < 1.29 is 14.1 Å². The highest BCUT2D eigenvalue weighted by atomic mass is 35.5. The lowest BCUT2D eigenvalue weighted by molar-refractivity contribution is -0.385. The van der Waals surface area contributed by atoms with Crippen LogP contribution in [0.15, 0.2) is 36.4 Å². The normalized spacial score (nSPS) is 10.2. The molecule has 2 aromatic carbocycles. The second-order valence-electron chi connectivity index (χ2n) is 4.00. The summed E-state index contributed by atoms with van der Waals surface area (Å²) in [6, 6.07) is 7.25. The second kappa shape index (κ2) is 6.07. The van der Waals surface area contributed by atoms with E-state index < -0.39 is 22.3 Å². The van der Waals surface area contributed by atoms with Gasteiger partial charge in [0.1, 0.15) is 11.4 Å². The summed E-state index contributed by atoms with van der Waals surface area (Å²) in [7, 11) is 0. The molecular weight excluding hydrogens is 322 g/mol. The van der Waals surface area contributed by atoms with Gasteiger partial charge in [-0.25, -0.2) is 4.39 Å². The first kappa shape index (κ1) is 15.2. The number of rotatable bonds is 3. The molecule has 5 nitrogen and oxygen atoms in total. The van der Waals surface area contributed by atoms with E-state index in [4.69, 9.17) is 23.2 Å². The predicted molar refractivity (Wildman–Crippen MR) is 77.5 cm³/mol. The molecule has 0 fully saturated rings. The van der Waals surface area contributed by atoms with E-state index in [0.29, 0.717) is 0 Å². The minimum atomic E-state index is -0.820. The number of carbonyl (C=O) groups excluding carboxylic acids is 1. The zero-order valence-corrected chi connectivity index (χ0v) is 11.8. The van der Waals surface area contributed by atoms with Crippen LogP contribution in [0.4, 0.5) is 15.8 Å². The zero-order valence-electron chi connectivity index (χ0n) is 10.3. The van der Waals surface area contributed by atoms with E-state index in [1.54, 1.807) is 0 Å². The molecule has 0 aliphatic rings. The maximum atomic E-state index is 13.6. The maximum Gasteiger partial charge on any atom is 0.283 e. The van der Waals surface area contributed by atoms with Crippen LogP contribution >= 0.6 is 23.2 Å². The number of nitro groups is 1. The first-order valence-corrected chi connectivity index (χ1v) is 6.34. The molecule has 0 heterocycles. The van der Waals surface area contributed by atoms with Gasteiger partial charge in [0.05, 0.1) is 10.6 Å². The third kappa shape index (κ3) is 3.48. The van der Waals surface area contributed by atoms with Gasteiger partial charge in [0.25, 0.3) is 11.6 Å². The van der Waals surface area contributed by atoms with Crippen molar-refractivity contribution in [3.8, 4) is 0 Å². The van der Waals surface area contributed by atoms with Crippen molar-refractivity contribution in [2.24, 2.45) is 0 Å².